The number of aliphatic hydroxyl groups is 1. The minimum atomic E-state index is -0.139. The first-order chi connectivity index (χ1) is 8.83. The summed E-state index contributed by atoms with van der Waals surface area (Å²) in [5.41, 5.74) is 2.34. The summed E-state index contributed by atoms with van der Waals surface area (Å²) < 4.78 is 0. The fraction of sp³-hybridized carbons (Fsp3) is 0.714. The Labute approximate surface area is 108 Å². The third kappa shape index (κ3) is 2.09. The fourth-order valence-corrected chi connectivity index (χ4v) is 3.25. The highest BCUT2D eigenvalue weighted by molar-refractivity contribution is 5.49. The number of aliphatic hydroxyl groups excluding tert-OH is 1. The predicted octanol–water partition coefficient (Wildman–Crippen LogP) is 2.07. The van der Waals surface area contributed by atoms with Crippen LogP contribution in [0, 0.1) is 0 Å². The van der Waals surface area contributed by atoms with Gasteiger partial charge in [0.05, 0.1) is 12.1 Å². The number of anilines is 1. The molecule has 0 aliphatic heterocycles. The Bertz CT molecular complexity index is 427. The number of rotatable bonds is 3. The maximum Gasteiger partial charge on any atom is 0.133 e. The molecule has 2 aliphatic carbocycles. The molecule has 0 atom stereocenters. The minimum absolute atomic E-state index is 0.139. The average molecular weight is 247 g/mol. The molecule has 0 aromatic carbocycles. The van der Waals surface area contributed by atoms with Crippen molar-refractivity contribution in [2.45, 2.75) is 56.9 Å². The van der Waals surface area contributed by atoms with E-state index in [-0.39, 0.29) is 12.1 Å². The molecule has 0 spiro atoms. The van der Waals surface area contributed by atoms with E-state index < -0.39 is 0 Å². The van der Waals surface area contributed by atoms with Crippen LogP contribution in [0.5, 0.6) is 0 Å². The lowest BCUT2D eigenvalue weighted by Gasteiger charge is -2.30. The van der Waals surface area contributed by atoms with Crippen molar-refractivity contribution in [3.63, 3.8) is 0 Å². The van der Waals surface area contributed by atoms with E-state index in [2.05, 4.69) is 15.3 Å². The molecule has 4 nitrogen and oxygen atoms in total. The average Bonchev–Trinajstić information content (AvgIpc) is 2.88. The molecular weight excluding hydrogens is 226 g/mol. The van der Waals surface area contributed by atoms with Gasteiger partial charge in [-0.15, -0.1) is 0 Å². The third-order valence-electron chi connectivity index (χ3n) is 4.37. The standard InChI is InChI=1S/C14H21N3O/c18-9-14(7-3-4-8-14)17-13-11-5-1-2-6-12(11)15-10-16-13/h10,18H,1-9H2,(H,15,16,17). The SMILES string of the molecule is OCC1(Nc2ncnc3c2CCCC3)CCCC1. The third-order valence-corrected chi connectivity index (χ3v) is 4.37. The Morgan fingerprint density at radius 1 is 1.11 bits per heavy atom. The summed E-state index contributed by atoms with van der Waals surface area (Å²) in [7, 11) is 0. The molecule has 0 amide bonds. The molecule has 4 heteroatoms. The molecular formula is C14H21N3O. The Morgan fingerprint density at radius 3 is 2.67 bits per heavy atom. The zero-order valence-electron chi connectivity index (χ0n) is 10.8. The molecule has 0 saturated heterocycles. The minimum Gasteiger partial charge on any atom is -0.394 e. The van der Waals surface area contributed by atoms with Crippen LogP contribution in [0.3, 0.4) is 0 Å². The predicted molar refractivity (Wildman–Crippen MR) is 70.6 cm³/mol. The molecule has 1 aromatic heterocycles. The zero-order chi connectivity index (χ0) is 12.4. The van der Waals surface area contributed by atoms with Crippen LogP contribution in [-0.4, -0.2) is 27.2 Å². The van der Waals surface area contributed by atoms with E-state index in [4.69, 9.17) is 0 Å². The second kappa shape index (κ2) is 4.84. The van der Waals surface area contributed by atoms with Gasteiger partial charge < -0.3 is 10.4 Å². The van der Waals surface area contributed by atoms with Crippen molar-refractivity contribution >= 4 is 5.82 Å². The Morgan fingerprint density at radius 2 is 1.89 bits per heavy atom. The smallest absolute Gasteiger partial charge is 0.133 e. The second-order valence-corrected chi connectivity index (χ2v) is 5.63. The van der Waals surface area contributed by atoms with Gasteiger partial charge in [0.2, 0.25) is 0 Å². The quantitative estimate of drug-likeness (QED) is 0.858. The van der Waals surface area contributed by atoms with E-state index in [1.807, 2.05) is 0 Å². The highest BCUT2D eigenvalue weighted by atomic mass is 16.3. The maximum absolute atomic E-state index is 9.68. The van der Waals surface area contributed by atoms with Crippen molar-refractivity contribution in [2.75, 3.05) is 11.9 Å². The van der Waals surface area contributed by atoms with Crippen LogP contribution in [0.25, 0.3) is 0 Å². The van der Waals surface area contributed by atoms with Gasteiger partial charge in [0, 0.05) is 11.3 Å². The zero-order valence-corrected chi connectivity index (χ0v) is 10.8. The molecule has 1 saturated carbocycles. The highest BCUT2D eigenvalue weighted by Gasteiger charge is 2.34. The van der Waals surface area contributed by atoms with Crippen molar-refractivity contribution in [3.8, 4) is 0 Å². The molecule has 0 bridgehead atoms. The van der Waals surface area contributed by atoms with Crippen LogP contribution in [0.2, 0.25) is 0 Å². The van der Waals surface area contributed by atoms with Gasteiger partial charge >= 0.3 is 0 Å². The van der Waals surface area contributed by atoms with Gasteiger partial charge in [-0.1, -0.05) is 12.8 Å². The molecule has 3 rings (SSSR count). The molecule has 1 heterocycles. The number of aryl methyl sites for hydroxylation is 1. The van der Waals surface area contributed by atoms with Gasteiger partial charge in [0.1, 0.15) is 12.1 Å². The number of nitrogens with zero attached hydrogens (tertiary/aromatic N) is 2. The van der Waals surface area contributed by atoms with E-state index in [1.165, 1.54) is 36.9 Å². The molecule has 2 N–H and O–H groups in total. The van der Waals surface area contributed by atoms with E-state index in [0.29, 0.717) is 0 Å². The van der Waals surface area contributed by atoms with Gasteiger partial charge in [0.15, 0.2) is 0 Å². The van der Waals surface area contributed by atoms with Crippen LogP contribution >= 0.6 is 0 Å². The Hall–Kier alpha value is -1.16. The van der Waals surface area contributed by atoms with Crippen molar-refractivity contribution in [2.24, 2.45) is 0 Å². The summed E-state index contributed by atoms with van der Waals surface area (Å²) in [4.78, 5) is 8.80. The highest BCUT2D eigenvalue weighted by Crippen LogP contribution is 2.34. The summed E-state index contributed by atoms with van der Waals surface area (Å²) in [6, 6.07) is 0. The molecule has 0 radical (unpaired) electrons. The first-order valence-electron chi connectivity index (χ1n) is 7.05. The van der Waals surface area contributed by atoms with Crippen LogP contribution in [-0.2, 0) is 12.8 Å². The molecule has 1 fully saturated rings. The van der Waals surface area contributed by atoms with E-state index in [9.17, 15) is 5.11 Å². The lowest BCUT2D eigenvalue weighted by Crippen LogP contribution is -2.40. The summed E-state index contributed by atoms with van der Waals surface area (Å²) in [5, 5.41) is 13.2. The van der Waals surface area contributed by atoms with Crippen molar-refractivity contribution in [3.05, 3.63) is 17.6 Å². The first-order valence-corrected chi connectivity index (χ1v) is 7.05. The van der Waals surface area contributed by atoms with Crippen LogP contribution in [0.4, 0.5) is 5.82 Å². The Balaban J connectivity index is 1.88. The normalized spacial score (nSPS) is 21.6. The van der Waals surface area contributed by atoms with Gasteiger partial charge in [-0.2, -0.15) is 0 Å². The van der Waals surface area contributed by atoms with Gasteiger partial charge in [-0.3, -0.25) is 0 Å². The Kier molecular flexibility index (Phi) is 3.20. The summed E-state index contributed by atoms with van der Waals surface area (Å²) in [6.45, 7) is 0.200. The van der Waals surface area contributed by atoms with Crippen molar-refractivity contribution in [1.29, 1.82) is 0 Å². The number of hydrogen-bond donors (Lipinski definition) is 2. The molecule has 2 aliphatic rings. The second-order valence-electron chi connectivity index (χ2n) is 5.63. The van der Waals surface area contributed by atoms with E-state index in [1.54, 1.807) is 6.33 Å². The molecule has 1 aromatic rings. The van der Waals surface area contributed by atoms with Gasteiger partial charge in [0.25, 0.3) is 0 Å². The summed E-state index contributed by atoms with van der Waals surface area (Å²) in [5.74, 6) is 0.968. The molecule has 98 valence electrons. The van der Waals surface area contributed by atoms with Crippen LogP contribution in [0.1, 0.15) is 49.8 Å². The topological polar surface area (TPSA) is 58.0 Å². The van der Waals surface area contributed by atoms with E-state index >= 15 is 0 Å². The lowest BCUT2D eigenvalue weighted by atomic mass is 9.94. The summed E-state index contributed by atoms with van der Waals surface area (Å²) >= 11 is 0. The monoisotopic (exact) mass is 247 g/mol. The van der Waals surface area contributed by atoms with Crippen LogP contribution in [0.15, 0.2) is 6.33 Å². The fourth-order valence-electron chi connectivity index (χ4n) is 3.25. The van der Waals surface area contributed by atoms with Crippen molar-refractivity contribution < 1.29 is 5.11 Å². The maximum atomic E-state index is 9.68. The number of hydrogen-bond acceptors (Lipinski definition) is 4. The van der Waals surface area contributed by atoms with E-state index in [0.717, 1.165) is 31.5 Å². The first kappa shape index (κ1) is 11.9. The lowest BCUT2D eigenvalue weighted by molar-refractivity contribution is 0.213. The van der Waals surface area contributed by atoms with Gasteiger partial charge in [-0.25, -0.2) is 9.97 Å². The largest absolute Gasteiger partial charge is 0.394 e. The van der Waals surface area contributed by atoms with Gasteiger partial charge in [-0.05, 0) is 38.5 Å². The molecule has 0 unspecified atom stereocenters. The van der Waals surface area contributed by atoms with Crippen LogP contribution < -0.4 is 5.32 Å². The number of aromatic nitrogens is 2. The van der Waals surface area contributed by atoms with Crippen molar-refractivity contribution in [1.82, 2.24) is 9.97 Å². The number of fused-ring (bicyclic) bond motifs is 1. The number of nitrogens with one attached hydrogen (secondary N) is 1. The molecule has 18 heavy (non-hydrogen) atoms. The summed E-state index contributed by atoms with van der Waals surface area (Å²) in [6.07, 6.45) is 10.7.